The molecule has 0 unspecified atom stereocenters. The van der Waals surface area contributed by atoms with Crippen molar-refractivity contribution in [3.8, 4) is 0 Å². The zero-order valence-electron chi connectivity index (χ0n) is 10.9. The standard InChI is InChI=1S/C13H17ClN4O2/c14-10-5-2-1-4-9(10)8-16-12(20)18-17-11(19)13(15)6-3-7-13/h1-2,4-5H,3,6-8,15H2,(H,17,19)(H2,16,18,20). The van der Waals surface area contributed by atoms with Crippen LogP contribution < -0.4 is 21.9 Å². The lowest BCUT2D eigenvalue weighted by atomic mass is 9.77. The minimum Gasteiger partial charge on any atom is -0.333 e. The van der Waals surface area contributed by atoms with Crippen LogP contribution >= 0.6 is 11.6 Å². The van der Waals surface area contributed by atoms with Crippen molar-refractivity contribution in [3.63, 3.8) is 0 Å². The van der Waals surface area contributed by atoms with E-state index >= 15 is 0 Å². The van der Waals surface area contributed by atoms with Gasteiger partial charge in [0.05, 0.1) is 5.54 Å². The minimum absolute atomic E-state index is 0.273. The highest BCUT2D eigenvalue weighted by Gasteiger charge is 2.40. The fourth-order valence-corrected chi connectivity index (χ4v) is 2.09. The SMILES string of the molecule is NC1(C(=O)NNC(=O)NCc2ccccc2Cl)CCC1. The molecule has 1 saturated carbocycles. The summed E-state index contributed by atoms with van der Waals surface area (Å²) < 4.78 is 0. The highest BCUT2D eigenvalue weighted by atomic mass is 35.5. The van der Waals surface area contributed by atoms with Crippen LogP contribution in [0.2, 0.25) is 5.02 Å². The summed E-state index contributed by atoms with van der Waals surface area (Å²) in [6.45, 7) is 0.273. The number of carbonyl (C=O) groups is 2. The smallest absolute Gasteiger partial charge is 0.333 e. The van der Waals surface area contributed by atoms with E-state index < -0.39 is 11.6 Å². The van der Waals surface area contributed by atoms with Crippen LogP contribution in [0.4, 0.5) is 4.79 Å². The van der Waals surface area contributed by atoms with Gasteiger partial charge in [-0.3, -0.25) is 10.2 Å². The summed E-state index contributed by atoms with van der Waals surface area (Å²) in [4.78, 5) is 23.2. The fraction of sp³-hybridized carbons (Fsp3) is 0.385. The third kappa shape index (κ3) is 3.40. The Morgan fingerprint density at radius 3 is 2.55 bits per heavy atom. The molecule has 1 aliphatic carbocycles. The van der Waals surface area contributed by atoms with Crippen LogP contribution in [0.15, 0.2) is 24.3 Å². The molecule has 1 aromatic carbocycles. The molecule has 0 saturated heterocycles. The van der Waals surface area contributed by atoms with Crippen molar-refractivity contribution >= 4 is 23.5 Å². The molecule has 0 spiro atoms. The molecule has 7 heteroatoms. The maximum absolute atomic E-state index is 11.7. The molecule has 2 rings (SSSR count). The predicted molar refractivity (Wildman–Crippen MR) is 75.7 cm³/mol. The van der Waals surface area contributed by atoms with Crippen LogP contribution in [0.25, 0.3) is 0 Å². The first-order chi connectivity index (χ1) is 9.51. The van der Waals surface area contributed by atoms with Crippen molar-refractivity contribution in [1.82, 2.24) is 16.2 Å². The van der Waals surface area contributed by atoms with Crippen LogP contribution in [-0.4, -0.2) is 17.5 Å². The molecule has 3 amide bonds. The molecule has 0 bridgehead atoms. The topological polar surface area (TPSA) is 96.2 Å². The molecular formula is C13H17ClN4O2. The summed E-state index contributed by atoms with van der Waals surface area (Å²) in [7, 11) is 0. The van der Waals surface area contributed by atoms with Crippen molar-refractivity contribution in [1.29, 1.82) is 0 Å². The number of rotatable bonds is 3. The number of carbonyl (C=O) groups excluding carboxylic acids is 2. The Hall–Kier alpha value is -1.79. The van der Waals surface area contributed by atoms with Gasteiger partial charge in [-0.15, -0.1) is 0 Å². The minimum atomic E-state index is -0.837. The summed E-state index contributed by atoms with van der Waals surface area (Å²) in [6.07, 6.45) is 2.21. The second-order valence-corrected chi connectivity index (χ2v) is 5.27. The number of hydrogen-bond donors (Lipinski definition) is 4. The predicted octanol–water partition coefficient (Wildman–Crippen LogP) is 1.05. The molecule has 5 N–H and O–H groups in total. The number of nitrogens with one attached hydrogen (secondary N) is 3. The first kappa shape index (κ1) is 14.6. The lowest BCUT2D eigenvalue weighted by Crippen LogP contribution is -2.62. The van der Waals surface area contributed by atoms with Crippen molar-refractivity contribution in [2.45, 2.75) is 31.3 Å². The lowest BCUT2D eigenvalue weighted by Gasteiger charge is -2.35. The molecule has 108 valence electrons. The molecule has 20 heavy (non-hydrogen) atoms. The van der Waals surface area contributed by atoms with E-state index in [1.54, 1.807) is 6.07 Å². The molecular weight excluding hydrogens is 280 g/mol. The Kier molecular flexibility index (Phi) is 4.46. The van der Waals surface area contributed by atoms with Gasteiger partial charge in [0, 0.05) is 11.6 Å². The number of halogens is 1. The monoisotopic (exact) mass is 296 g/mol. The number of amides is 3. The Labute approximate surface area is 122 Å². The molecule has 1 aromatic rings. The first-order valence-corrected chi connectivity index (χ1v) is 6.76. The van der Waals surface area contributed by atoms with E-state index in [4.69, 9.17) is 17.3 Å². The highest BCUT2D eigenvalue weighted by Crippen LogP contribution is 2.28. The van der Waals surface area contributed by atoms with E-state index in [1.807, 2.05) is 18.2 Å². The second kappa shape index (κ2) is 6.11. The summed E-state index contributed by atoms with van der Waals surface area (Å²) in [6, 6.07) is 6.68. The van der Waals surface area contributed by atoms with Gasteiger partial charge in [0.1, 0.15) is 0 Å². The second-order valence-electron chi connectivity index (χ2n) is 4.86. The van der Waals surface area contributed by atoms with Gasteiger partial charge in [0.15, 0.2) is 0 Å². The number of benzene rings is 1. The van der Waals surface area contributed by atoms with Crippen molar-refractivity contribution in [3.05, 3.63) is 34.9 Å². The normalized spacial score (nSPS) is 15.9. The van der Waals surface area contributed by atoms with Crippen molar-refractivity contribution < 1.29 is 9.59 Å². The maximum atomic E-state index is 11.7. The molecule has 0 atom stereocenters. The van der Waals surface area contributed by atoms with Gasteiger partial charge in [-0.05, 0) is 30.9 Å². The van der Waals surface area contributed by atoms with Gasteiger partial charge in [-0.2, -0.15) is 0 Å². The molecule has 0 radical (unpaired) electrons. The van der Waals surface area contributed by atoms with Crippen LogP contribution in [0.1, 0.15) is 24.8 Å². The highest BCUT2D eigenvalue weighted by molar-refractivity contribution is 6.31. The Morgan fingerprint density at radius 1 is 1.25 bits per heavy atom. The summed E-state index contributed by atoms with van der Waals surface area (Å²) in [5, 5.41) is 3.17. The number of nitrogens with two attached hydrogens (primary N) is 1. The van der Waals surface area contributed by atoms with Crippen LogP contribution in [0.3, 0.4) is 0 Å². The average Bonchev–Trinajstić information content (AvgIpc) is 2.41. The lowest BCUT2D eigenvalue weighted by molar-refractivity contribution is -0.129. The van der Waals surface area contributed by atoms with Gasteiger partial charge in [-0.25, -0.2) is 10.2 Å². The molecule has 1 fully saturated rings. The Bertz CT molecular complexity index is 517. The Morgan fingerprint density at radius 2 is 1.95 bits per heavy atom. The van der Waals surface area contributed by atoms with E-state index in [0.717, 1.165) is 12.0 Å². The van der Waals surface area contributed by atoms with E-state index in [9.17, 15) is 9.59 Å². The van der Waals surface area contributed by atoms with Crippen molar-refractivity contribution in [2.24, 2.45) is 5.73 Å². The number of hydrogen-bond acceptors (Lipinski definition) is 3. The third-order valence-corrected chi connectivity index (χ3v) is 3.75. The largest absolute Gasteiger partial charge is 0.333 e. The van der Waals surface area contributed by atoms with E-state index in [0.29, 0.717) is 17.9 Å². The van der Waals surface area contributed by atoms with Crippen LogP contribution in [0, 0.1) is 0 Å². The third-order valence-electron chi connectivity index (χ3n) is 3.38. The summed E-state index contributed by atoms with van der Waals surface area (Å²) in [5.41, 5.74) is 10.4. The van der Waals surface area contributed by atoms with Gasteiger partial charge >= 0.3 is 6.03 Å². The van der Waals surface area contributed by atoms with E-state index in [2.05, 4.69) is 16.2 Å². The summed E-state index contributed by atoms with van der Waals surface area (Å²) in [5.74, 6) is -0.364. The van der Waals surface area contributed by atoms with E-state index in [-0.39, 0.29) is 12.5 Å². The molecule has 0 heterocycles. The van der Waals surface area contributed by atoms with Crippen LogP contribution in [0.5, 0.6) is 0 Å². The van der Waals surface area contributed by atoms with Gasteiger partial charge in [-0.1, -0.05) is 29.8 Å². The quantitative estimate of drug-likeness (QED) is 0.628. The van der Waals surface area contributed by atoms with E-state index in [1.165, 1.54) is 0 Å². The molecule has 0 aromatic heterocycles. The summed E-state index contributed by atoms with van der Waals surface area (Å²) >= 11 is 5.96. The van der Waals surface area contributed by atoms with Gasteiger partial charge in [0.25, 0.3) is 5.91 Å². The zero-order chi connectivity index (χ0) is 14.6. The fourth-order valence-electron chi connectivity index (χ4n) is 1.88. The van der Waals surface area contributed by atoms with Crippen LogP contribution in [-0.2, 0) is 11.3 Å². The number of urea groups is 1. The zero-order valence-corrected chi connectivity index (χ0v) is 11.7. The number of hydrazine groups is 1. The van der Waals surface area contributed by atoms with Crippen molar-refractivity contribution in [2.75, 3.05) is 0 Å². The maximum Gasteiger partial charge on any atom is 0.333 e. The Balaban J connectivity index is 1.73. The van der Waals surface area contributed by atoms with Gasteiger partial charge in [0.2, 0.25) is 0 Å². The molecule has 6 nitrogen and oxygen atoms in total. The molecule has 1 aliphatic rings. The average molecular weight is 297 g/mol. The molecule has 0 aliphatic heterocycles. The first-order valence-electron chi connectivity index (χ1n) is 6.38. The van der Waals surface area contributed by atoms with Gasteiger partial charge < -0.3 is 11.1 Å².